The molecule has 0 saturated carbocycles. The van der Waals surface area contributed by atoms with Gasteiger partial charge in [-0.2, -0.15) is 0 Å². The van der Waals surface area contributed by atoms with Gasteiger partial charge in [-0.1, -0.05) is 32.0 Å². The Kier molecular flexibility index (Phi) is 5.37. The number of nitrogens with one attached hydrogen (secondary N) is 1. The van der Waals surface area contributed by atoms with Crippen molar-refractivity contribution in [2.45, 2.75) is 26.7 Å². The molecule has 1 heterocycles. The van der Waals surface area contributed by atoms with Gasteiger partial charge in [-0.15, -0.1) is 0 Å². The zero-order valence-electron chi connectivity index (χ0n) is 12.8. The number of benzene rings is 1. The summed E-state index contributed by atoms with van der Waals surface area (Å²) < 4.78 is 0. The second-order valence-electron chi connectivity index (χ2n) is 6.12. The van der Waals surface area contributed by atoms with Crippen LogP contribution in [0.15, 0.2) is 30.3 Å². The van der Waals surface area contributed by atoms with Crippen LogP contribution in [-0.2, 0) is 4.79 Å². The summed E-state index contributed by atoms with van der Waals surface area (Å²) in [5.74, 6) is 1.15. The maximum absolute atomic E-state index is 12.2. The first-order valence-corrected chi connectivity index (χ1v) is 7.67. The molecule has 1 N–H and O–H groups in total. The van der Waals surface area contributed by atoms with Crippen molar-refractivity contribution in [3.8, 4) is 0 Å². The van der Waals surface area contributed by atoms with E-state index in [1.54, 1.807) is 12.1 Å². The number of piperidine rings is 1. The van der Waals surface area contributed by atoms with Gasteiger partial charge in [0.15, 0.2) is 0 Å². The van der Waals surface area contributed by atoms with Crippen LogP contribution < -0.4 is 5.32 Å². The normalized spacial score (nSPS) is 21.9. The smallest absolute Gasteiger partial charge is 0.251 e. The quantitative estimate of drug-likeness (QED) is 0.924. The summed E-state index contributed by atoms with van der Waals surface area (Å²) >= 11 is 0. The highest BCUT2D eigenvalue weighted by Gasteiger charge is 2.24. The van der Waals surface area contributed by atoms with Gasteiger partial charge in [0.2, 0.25) is 5.91 Å². The molecule has 2 amide bonds. The standard InChI is InChI=1S/C17H24N2O2/c1-13-10-14(2)12-19(11-13)16(20)8-9-18-17(21)15-6-4-3-5-7-15/h3-7,13-14H,8-12H2,1-2H3,(H,18,21)/t13-,14-/m1/s1. The van der Waals surface area contributed by atoms with Crippen LogP contribution in [-0.4, -0.2) is 36.3 Å². The Morgan fingerprint density at radius 3 is 2.38 bits per heavy atom. The molecule has 2 atom stereocenters. The molecule has 1 aliphatic heterocycles. The van der Waals surface area contributed by atoms with E-state index >= 15 is 0 Å². The van der Waals surface area contributed by atoms with Crippen LogP contribution in [0.25, 0.3) is 0 Å². The summed E-state index contributed by atoms with van der Waals surface area (Å²) in [7, 11) is 0. The average molecular weight is 288 g/mol. The van der Waals surface area contributed by atoms with Crippen LogP contribution in [0.4, 0.5) is 0 Å². The van der Waals surface area contributed by atoms with E-state index in [-0.39, 0.29) is 11.8 Å². The SMILES string of the molecule is C[C@@H]1C[C@@H](C)CN(C(=O)CCNC(=O)c2ccccc2)C1. The summed E-state index contributed by atoms with van der Waals surface area (Å²) in [6, 6.07) is 9.07. The highest BCUT2D eigenvalue weighted by molar-refractivity contribution is 5.94. The third-order valence-corrected chi connectivity index (χ3v) is 3.88. The minimum atomic E-state index is -0.121. The Labute approximate surface area is 126 Å². The molecule has 0 spiro atoms. The number of carbonyl (C=O) groups excluding carboxylic acids is 2. The third kappa shape index (κ3) is 4.59. The van der Waals surface area contributed by atoms with E-state index in [9.17, 15) is 9.59 Å². The lowest BCUT2D eigenvalue weighted by molar-refractivity contribution is -0.133. The van der Waals surface area contributed by atoms with E-state index in [1.165, 1.54) is 6.42 Å². The van der Waals surface area contributed by atoms with Crippen LogP contribution >= 0.6 is 0 Å². The second-order valence-corrected chi connectivity index (χ2v) is 6.12. The molecule has 114 valence electrons. The lowest BCUT2D eigenvalue weighted by Crippen LogP contribution is -2.43. The average Bonchev–Trinajstić information content (AvgIpc) is 2.47. The Morgan fingerprint density at radius 2 is 1.76 bits per heavy atom. The number of rotatable bonds is 4. The molecule has 1 aromatic carbocycles. The number of nitrogens with zero attached hydrogens (tertiary/aromatic N) is 1. The van der Waals surface area contributed by atoms with E-state index < -0.39 is 0 Å². The van der Waals surface area contributed by atoms with Crippen molar-refractivity contribution in [2.75, 3.05) is 19.6 Å². The molecule has 1 aliphatic rings. The molecule has 0 aromatic heterocycles. The highest BCUT2D eigenvalue weighted by atomic mass is 16.2. The predicted octanol–water partition coefficient (Wildman–Crippen LogP) is 2.31. The van der Waals surface area contributed by atoms with Gasteiger partial charge in [0.25, 0.3) is 5.91 Å². The monoisotopic (exact) mass is 288 g/mol. The third-order valence-electron chi connectivity index (χ3n) is 3.88. The summed E-state index contributed by atoms with van der Waals surface area (Å²) in [6.45, 7) is 6.46. The molecule has 2 rings (SSSR count). The van der Waals surface area contributed by atoms with Crippen molar-refractivity contribution in [1.82, 2.24) is 10.2 Å². The van der Waals surface area contributed by atoms with Gasteiger partial charge in [0.05, 0.1) is 0 Å². The van der Waals surface area contributed by atoms with Gasteiger partial charge in [-0.05, 0) is 30.4 Å². The summed E-state index contributed by atoms with van der Waals surface area (Å²) in [5, 5.41) is 2.80. The lowest BCUT2D eigenvalue weighted by atomic mass is 9.92. The summed E-state index contributed by atoms with van der Waals surface area (Å²) in [6.07, 6.45) is 1.56. The van der Waals surface area contributed by atoms with Crippen LogP contribution in [0.1, 0.15) is 37.0 Å². The maximum Gasteiger partial charge on any atom is 0.251 e. The van der Waals surface area contributed by atoms with Gasteiger partial charge in [0, 0.05) is 31.6 Å². The summed E-state index contributed by atoms with van der Waals surface area (Å²) in [5.41, 5.74) is 0.630. The van der Waals surface area contributed by atoms with Crippen LogP contribution in [0.2, 0.25) is 0 Å². The molecular weight excluding hydrogens is 264 g/mol. The van der Waals surface area contributed by atoms with Crippen molar-refractivity contribution in [1.29, 1.82) is 0 Å². The fourth-order valence-corrected chi connectivity index (χ4v) is 3.00. The first kappa shape index (κ1) is 15.5. The Hall–Kier alpha value is -1.84. The number of amides is 2. The predicted molar refractivity (Wildman–Crippen MR) is 82.9 cm³/mol. The minimum Gasteiger partial charge on any atom is -0.352 e. The number of hydrogen-bond acceptors (Lipinski definition) is 2. The number of likely N-dealkylation sites (tertiary alicyclic amines) is 1. The van der Waals surface area contributed by atoms with Gasteiger partial charge < -0.3 is 10.2 Å². The molecule has 1 fully saturated rings. The van der Waals surface area contributed by atoms with Crippen molar-refractivity contribution < 1.29 is 9.59 Å². The minimum absolute atomic E-state index is 0.121. The zero-order valence-corrected chi connectivity index (χ0v) is 12.8. The van der Waals surface area contributed by atoms with Gasteiger partial charge in [-0.3, -0.25) is 9.59 Å². The Morgan fingerprint density at radius 1 is 1.14 bits per heavy atom. The van der Waals surface area contributed by atoms with Gasteiger partial charge in [0.1, 0.15) is 0 Å². The van der Waals surface area contributed by atoms with Crippen molar-refractivity contribution in [3.63, 3.8) is 0 Å². The van der Waals surface area contributed by atoms with Crippen molar-refractivity contribution in [2.24, 2.45) is 11.8 Å². The van der Waals surface area contributed by atoms with Crippen molar-refractivity contribution >= 4 is 11.8 Å². The summed E-state index contributed by atoms with van der Waals surface area (Å²) in [4.78, 5) is 26.0. The second kappa shape index (κ2) is 7.25. The van der Waals surface area contributed by atoms with Gasteiger partial charge >= 0.3 is 0 Å². The van der Waals surface area contributed by atoms with E-state index in [2.05, 4.69) is 19.2 Å². The van der Waals surface area contributed by atoms with Crippen LogP contribution in [0.5, 0.6) is 0 Å². The Balaban J connectivity index is 1.75. The number of hydrogen-bond donors (Lipinski definition) is 1. The van der Waals surface area contributed by atoms with E-state index in [1.807, 2.05) is 23.1 Å². The van der Waals surface area contributed by atoms with E-state index in [0.717, 1.165) is 13.1 Å². The maximum atomic E-state index is 12.2. The fraction of sp³-hybridized carbons (Fsp3) is 0.529. The molecule has 4 heteroatoms. The van der Waals surface area contributed by atoms with Gasteiger partial charge in [-0.25, -0.2) is 0 Å². The van der Waals surface area contributed by atoms with E-state index in [4.69, 9.17) is 0 Å². The molecule has 1 saturated heterocycles. The van der Waals surface area contributed by atoms with E-state index in [0.29, 0.717) is 30.4 Å². The molecule has 1 aromatic rings. The largest absolute Gasteiger partial charge is 0.352 e. The number of carbonyl (C=O) groups is 2. The topological polar surface area (TPSA) is 49.4 Å². The first-order valence-electron chi connectivity index (χ1n) is 7.67. The van der Waals surface area contributed by atoms with Crippen molar-refractivity contribution in [3.05, 3.63) is 35.9 Å². The molecule has 0 radical (unpaired) electrons. The first-order chi connectivity index (χ1) is 10.1. The zero-order chi connectivity index (χ0) is 15.2. The molecule has 0 unspecified atom stereocenters. The highest BCUT2D eigenvalue weighted by Crippen LogP contribution is 2.21. The van der Waals surface area contributed by atoms with Crippen LogP contribution in [0, 0.1) is 11.8 Å². The molecule has 21 heavy (non-hydrogen) atoms. The molecular formula is C17H24N2O2. The fourth-order valence-electron chi connectivity index (χ4n) is 3.00. The lowest BCUT2D eigenvalue weighted by Gasteiger charge is -2.35. The molecule has 0 bridgehead atoms. The molecule has 4 nitrogen and oxygen atoms in total. The van der Waals surface area contributed by atoms with Crippen LogP contribution in [0.3, 0.4) is 0 Å². The molecule has 0 aliphatic carbocycles. The Bertz CT molecular complexity index is 477.